The molecular formula is C20H23NO5. The Labute approximate surface area is 152 Å². The lowest BCUT2D eigenvalue weighted by molar-refractivity contribution is -0.138. The van der Waals surface area contributed by atoms with Gasteiger partial charge in [0.1, 0.15) is 0 Å². The summed E-state index contributed by atoms with van der Waals surface area (Å²) in [6.45, 7) is 3.79. The molecule has 0 radical (unpaired) electrons. The van der Waals surface area contributed by atoms with E-state index in [0.29, 0.717) is 22.6 Å². The molecule has 1 amide bonds. The summed E-state index contributed by atoms with van der Waals surface area (Å²) in [5.41, 5.74) is 1.01. The Morgan fingerprint density at radius 3 is 2.35 bits per heavy atom. The predicted octanol–water partition coefficient (Wildman–Crippen LogP) is 3.08. The molecule has 0 aromatic heterocycles. The summed E-state index contributed by atoms with van der Waals surface area (Å²) in [4.78, 5) is 23.9. The molecule has 0 aliphatic carbocycles. The van der Waals surface area contributed by atoms with Crippen molar-refractivity contribution >= 4 is 11.9 Å². The largest absolute Gasteiger partial charge is 0.493 e. The van der Waals surface area contributed by atoms with Gasteiger partial charge in [0.15, 0.2) is 11.5 Å². The summed E-state index contributed by atoms with van der Waals surface area (Å²) in [5, 5.41) is 12.1. The molecule has 0 spiro atoms. The predicted molar refractivity (Wildman–Crippen MR) is 97.9 cm³/mol. The fourth-order valence-electron chi connectivity index (χ4n) is 2.49. The van der Waals surface area contributed by atoms with E-state index in [1.807, 2.05) is 19.9 Å². The van der Waals surface area contributed by atoms with Gasteiger partial charge < -0.3 is 19.9 Å². The van der Waals surface area contributed by atoms with Crippen LogP contribution >= 0.6 is 0 Å². The monoisotopic (exact) mass is 357 g/mol. The third-order valence-electron chi connectivity index (χ3n) is 3.76. The first kappa shape index (κ1) is 19.3. The molecule has 1 atom stereocenters. The average molecular weight is 357 g/mol. The number of ether oxygens (including phenoxy) is 2. The van der Waals surface area contributed by atoms with E-state index in [4.69, 9.17) is 9.47 Å². The van der Waals surface area contributed by atoms with Gasteiger partial charge in [-0.2, -0.15) is 0 Å². The minimum atomic E-state index is -0.991. The molecule has 0 bridgehead atoms. The highest BCUT2D eigenvalue weighted by Gasteiger charge is 2.21. The number of methoxy groups -OCH3 is 1. The molecule has 0 aliphatic rings. The zero-order chi connectivity index (χ0) is 19.1. The van der Waals surface area contributed by atoms with Gasteiger partial charge in [-0.25, -0.2) is 0 Å². The molecule has 6 nitrogen and oxygen atoms in total. The van der Waals surface area contributed by atoms with Crippen molar-refractivity contribution in [1.29, 1.82) is 0 Å². The second-order valence-corrected chi connectivity index (χ2v) is 6.04. The Morgan fingerprint density at radius 2 is 1.77 bits per heavy atom. The van der Waals surface area contributed by atoms with Crippen LogP contribution in [0.3, 0.4) is 0 Å². The van der Waals surface area contributed by atoms with Gasteiger partial charge in [-0.3, -0.25) is 9.59 Å². The van der Waals surface area contributed by atoms with Crippen LogP contribution in [-0.2, 0) is 4.79 Å². The second kappa shape index (κ2) is 8.89. The first-order chi connectivity index (χ1) is 12.4. The molecule has 0 fully saturated rings. The molecular weight excluding hydrogens is 334 g/mol. The molecule has 6 heteroatoms. The number of carboxylic acids is 1. The van der Waals surface area contributed by atoms with Crippen molar-refractivity contribution < 1.29 is 24.2 Å². The average Bonchev–Trinajstić information content (AvgIpc) is 2.62. The zero-order valence-electron chi connectivity index (χ0n) is 15.1. The Hall–Kier alpha value is -3.02. The van der Waals surface area contributed by atoms with Gasteiger partial charge in [0.2, 0.25) is 0 Å². The van der Waals surface area contributed by atoms with E-state index in [2.05, 4.69) is 5.32 Å². The van der Waals surface area contributed by atoms with E-state index < -0.39 is 11.9 Å². The van der Waals surface area contributed by atoms with Crippen LogP contribution < -0.4 is 14.8 Å². The smallest absolute Gasteiger partial charge is 0.312 e. The zero-order valence-corrected chi connectivity index (χ0v) is 15.1. The van der Waals surface area contributed by atoms with Crippen molar-refractivity contribution in [1.82, 2.24) is 5.32 Å². The van der Waals surface area contributed by atoms with Crippen LogP contribution in [0.25, 0.3) is 0 Å². The molecule has 0 aliphatic heterocycles. The normalized spacial score (nSPS) is 11.7. The standard InChI is InChI=1S/C20H23NO5/c1-13(2)26-17-10-9-15(11-18(17)25-3)19(22)21-12-16(20(23)24)14-7-5-4-6-8-14/h4-11,13,16H,12H2,1-3H3,(H,21,22)(H,23,24). The van der Waals surface area contributed by atoms with E-state index in [9.17, 15) is 14.7 Å². The highest BCUT2D eigenvalue weighted by atomic mass is 16.5. The first-order valence-corrected chi connectivity index (χ1v) is 8.33. The Morgan fingerprint density at radius 1 is 1.08 bits per heavy atom. The van der Waals surface area contributed by atoms with Crippen LogP contribution in [0.2, 0.25) is 0 Å². The number of nitrogens with one attached hydrogen (secondary N) is 1. The molecule has 0 heterocycles. The van der Waals surface area contributed by atoms with Gasteiger partial charge >= 0.3 is 5.97 Å². The maximum absolute atomic E-state index is 12.4. The van der Waals surface area contributed by atoms with Crippen molar-refractivity contribution in [2.75, 3.05) is 13.7 Å². The van der Waals surface area contributed by atoms with Crippen LogP contribution in [-0.4, -0.2) is 36.7 Å². The summed E-state index contributed by atoms with van der Waals surface area (Å²) >= 11 is 0. The van der Waals surface area contributed by atoms with E-state index in [1.165, 1.54) is 7.11 Å². The number of hydrogen-bond acceptors (Lipinski definition) is 4. The van der Waals surface area contributed by atoms with Gasteiger partial charge in [0.05, 0.1) is 19.1 Å². The fraction of sp³-hybridized carbons (Fsp3) is 0.300. The van der Waals surface area contributed by atoms with Gasteiger partial charge in [-0.1, -0.05) is 30.3 Å². The van der Waals surface area contributed by atoms with Crippen molar-refractivity contribution in [3.05, 3.63) is 59.7 Å². The van der Waals surface area contributed by atoms with E-state index in [1.54, 1.807) is 42.5 Å². The lowest BCUT2D eigenvalue weighted by Crippen LogP contribution is -2.31. The first-order valence-electron chi connectivity index (χ1n) is 8.33. The van der Waals surface area contributed by atoms with Crippen molar-refractivity contribution in [2.24, 2.45) is 0 Å². The molecule has 2 aromatic rings. The summed E-state index contributed by atoms with van der Waals surface area (Å²) in [5.74, 6) is -1.18. The summed E-state index contributed by atoms with van der Waals surface area (Å²) in [7, 11) is 1.50. The highest BCUT2D eigenvalue weighted by molar-refractivity contribution is 5.95. The van der Waals surface area contributed by atoms with E-state index in [0.717, 1.165) is 0 Å². The van der Waals surface area contributed by atoms with E-state index >= 15 is 0 Å². The maximum atomic E-state index is 12.4. The topological polar surface area (TPSA) is 84.9 Å². The number of hydrogen-bond donors (Lipinski definition) is 2. The molecule has 2 N–H and O–H groups in total. The summed E-state index contributed by atoms with van der Waals surface area (Å²) in [6, 6.07) is 13.7. The number of amides is 1. The summed E-state index contributed by atoms with van der Waals surface area (Å²) < 4.78 is 10.9. The van der Waals surface area contributed by atoms with Crippen LogP contribution in [0.4, 0.5) is 0 Å². The molecule has 2 rings (SSSR count). The Bertz CT molecular complexity index is 758. The van der Waals surface area contributed by atoms with Crippen molar-refractivity contribution in [3.8, 4) is 11.5 Å². The lowest BCUT2D eigenvalue weighted by atomic mass is 9.99. The molecule has 26 heavy (non-hydrogen) atoms. The second-order valence-electron chi connectivity index (χ2n) is 6.04. The number of benzene rings is 2. The van der Waals surface area contributed by atoms with Crippen molar-refractivity contribution in [3.63, 3.8) is 0 Å². The molecule has 0 saturated carbocycles. The maximum Gasteiger partial charge on any atom is 0.312 e. The van der Waals surface area contributed by atoms with Gasteiger partial charge in [0.25, 0.3) is 5.91 Å². The van der Waals surface area contributed by atoms with Crippen LogP contribution in [0.5, 0.6) is 11.5 Å². The third kappa shape index (κ3) is 4.99. The van der Waals surface area contributed by atoms with Gasteiger partial charge in [-0.15, -0.1) is 0 Å². The fourth-order valence-corrected chi connectivity index (χ4v) is 2.49. The van der Waals surface area contributed by atoms with Crippen LogP contribution in [0.15, 0.2) is 48.5 Å². The quantitative estimate of drug-likeness (QED) is 0.758. The summed E-state index contributed by atoms with van der Waals surface area (Å²) in [6.07, 6.45) is -0.0224. The van der Waals surface area contributed by atoms with Gasteiger partial charge in [0, 0.05) is 12.1 Å². The van der Waals surface area contributed by atoms with Crippen molar-refractivity contribution in [2.45, 2.75) is 25.9 Å². The van der Waals surface area contributed by atoms with Gasteiger partial charge in [-0.05, 0) is 37.6 Å². The van der Waals surface area contributed by atoms with Crippen LogP contribution in [0.1, 0.15) is 35.7 Å². The number of carbonyl (C=O) groups is 2. The molecule has 0 saturated heterocycles. The molecule has 138 valence electrons. The number of carboxylic acid groups (broad SMARTS) is 1. The number of rotatable bonds is 8. The lowest BCUT2D eigenvalue weighted by Gasteiger charge is -2.16. The Kier molecular flexibility index (Phi) is 6.60. The minimum absolute atomic E-state index is 0.00919. The SMILES string of the molecule is COc1cc(C(=O)NCC(C(=O)O)c2ccccc2)ccc1OC(C)C. The highest BCUT2D eigenvalue weighted by Crippen LogP contribution is 2.29. The number of carbonyl (C=O) groups excluding carboxylic acids is 1. The molecule has 1 unspecified atom stereocenters. The third-order valence-corrected chi connectivity index (χ3v) is 3.76. The Balaban J connectivity index is 2.10. The number of aliphatic carboxylic acids is 1. The minimum Gasteiger partial charge on any atom is -0.493 e. The molecule has 2 aromatic carbocycles. The van der Waals surface area contributed by atoms with E-state index in [-0.39, 0.29) is 18.6 Å². The van der Waals surface area contributed by atoms with Crippen LogP contribution in [0, 0.1) is 0 Å².